The number of benzene rings is 1. The summed E-state index contributed by atoms with van der Waals surface area (Å²) >= 11 is 6.79. The van der Waals surface area contributed by atoms with E-state index < -0.39 is 11.9 Å². The number of halogens is 1. The van der Waals surface area contributed by atoms with Gasteiger partial charge in [0.1, 0.15) is 21.7 Å². The zero-order valence-corrected chi connectivity index (χ0v) is 15.2. The second kappa shape index (κ2) is 8.51. The number of nitriles is 1. The number of esters is 1. The molecule has 0 fully saturated rings. The first kappa shape index (κ1) is 18.8. The Bertz CT molecular complexity index is 824. The summed E-state index contributed by atoms with van der Waals surface area (Å²) in [7, 11) is 0. The molecule has 0 unspecified atom stereocenters. The molecule has 8 heteroatoms. The van der Waals surface area contributed by atoms with Crippen LogP contribution in [0, 0.1) is 18.3 Å². The van der Waals surface area contributed by atoms with Crippen LogP contribution in [0.1, 0.15) is 27.7 Å². The summed E-state index contributed by atoms with van der Waals surface area (Å²) in [4.78, 5) is 24.3. The maximum Gasteiger partial charge on any atom is 0.348 e. The number of thiophene rings is 1. The van der Waals surface area contributed by atoms with Crippen molar-refractivity contribution in [1.29, 1.82) is 5.26 Å². The van der Waals surface area contributed by atoms with Crippen LogP contribution in [0.5, 0.6) is 5.75 Å². The maximum absolute atomic E-state index is 12.1. The number of carbonyl (C=O) groups is 2. The number of nitrogens with one attached hydrogen (secondary N) is 1. The van der Waals surface area contributed by atoms with Gasteiger partial charge in [0.2, 0.25) is 0 Å². The number of amides is 1. The van der Waals surface area contributed by atoms with Crippen LogP contribution >= 0.6 is 22.9 Å². The fourth-order valence-electron chi connectivity index (χ4n) is 1.97. The fraction of sp³-hybridized carbons (Fsp3) is 0.235. The molecule has 0 aliphatic carbocycles. The van der Waals surface area contributed by atoms with E-state index in [4.69, 9.17) is 21.1 Å². The molecule has 0 atom stereocenters. The van der Waals surface area contributed by atoms with Crippen LogP contribution in [0.15, 0.2) is 24.3 Å². The predicted molar refractivity (Wildman–Crippen MR) is 95.3 cm³/mol. The molecule has 1 amide bonds. The van der Waals surface area contributed by atoms with Crippen molar-refractivity contribution < 1.29 is 19.1 Å². The van der Waals surface area contributed by atoms with E-state index in [2.05, 4.69) is 5.32 Å². The third kappa shape index (κ3) is 4.72. The smallest absolute Gasteiger partial charge is 0.348 e. The summed E-state index contributed by atoms with van der Waals surface area (Å²) in [5.74, 6) is -0.461. The van der Waals surface area contributed by atoms with Gasteiger partial charge in [0.15, 0.2) is 6.61 Å². The molecular weight excluding hydrogens is 364 g/mol. The molecule has 1 aromatic carbocycles. The average molecular weight is 379 g/mol. The number of nitrogens with zero attached hydrogens (tertiary/aromatic N) is 1. The van der Waals surface area contributed by atoms with E-state index in [1.807, 2.05) is 6.07 Å². The second-order valence-corrected chi connectivity index (χ2v) is 6.34. The molecule has 130 valence electrons. The summed E-state index contributed by atoms with van der Waals surface area (Å²) in [5.41, 5.74) is 0.729. The number of rotatable bonds is 6. The molecule has 2 aromatic rings. The van der Waals surface area contributed by atoms with Crippen molar-refractivity contribution >= 4 is 39.8 Å². The number of hydrogen-bond donors (Lipinski definition) is 1. The van der Waals surface area contributed by atoms with Gasteiger partial charge in [0.25, 0.3) is 5.91 Å². The first-order valence-corrected chi connectivity index (χ1v) is 8.54. The lowest BCUT2D eigenvalue weighted by Gasteiger charge is -2.06. The van der Waals surface area contributed by atoms with Gasteiger partial charge in [-0.2, -0.15) is 5.26 Å². The Morgan fingerprint density at radius 1 is 1.32 bits per heavy atom. The van der Waals surface area contributed by atoms with Crippen LogP contribution < -0.4 is 10.1 Å². The molecule has 25 heavy (non-hydrogen) atoms. The quantitative estimate of drug-likeness (QED) is 0.773. The molecule has 0 saturated heterocycles. The minimum absolute atomic E-state index is 0.231. The Morgan fingerprint density at radius 3 is 2.60 bits per heavy atom. The SMILES string of the molecule is CCOC(=O)c1sc(NC(=O)COc2ccc(Cl)cc2)c(C#N)c1C. The van der Waals surface area contributed by atoms with Gasteiger partial charge >= 0.3 is 5.97 Å². The topological polar surface area (TPSA) is 88.4 Å². The van der Waals surface area contributed by atoms with Crippen molar-refractivity contribution in [3.05, 3.63) is 45.3 Å². The van der Waals surface area contributed by atoms with Crippen LogP contribution in [0.25, 0.3) is 0 Å². The van der Waals surface area contributed by atoms with E-state index in [-0.39, 0.29) is 18.8 Å². The fourth-order valence-corrected chi connectivity index (χ4v) is 3.16. The summed E-state index contributed by atoms with van der Waals surface area (Å²) in [6.45, 7) is 3.33. The highest BCUT2D eigenvalue weighted by Crippen LogP contribution is 2.33. The molecule has 0 saturated carbocycles. The largest absolute Gasteiger partial charge is 0.484 e. The Balaban J connectivity index is 2.07. The first-order chi connectivity index (χ1) is 12.0. The second-order valence-electron chi connectivity index (χ2n) is 4.88. The summed E-state index contributed by atoms with van der Waals surface area (Å²) in [6.07, 6.45) is 0. The minimum atomic E-state index is -0.514. The van der Waals surface area contributed by atoms with Gasteiger partial charge < -0.3 is 14.8 Å². The highest BCUT2D eigenvalue weighted by atomic mass is 35.5. The average Bonchev–Trinajstić information content (AvgIpc) is 2.90. The molecule has 0 bridgehead atoms. The number of hydrogen-bond acceptors (Lipinski definition) is 6. The van der Waals surface area contributed by atoms with E-state index >= 15 is 0 Å². The van der Waals surface area contributed by atoms with Gasteiger partial charge in [-0.15, -0.1) is 11.3 Å². The van der Waals surface area contributed by atoms with E-state index in [0.29, 0.717) is 26.2 Å². The van der Waals surface area contributed by atoms with Gasteiger partial charge in [-0.1, -0.05) is 11.6 Å². The van der Waals surface area contributed by atoms with Gasteiger partial charge in [-0.25, -0.2) is 4.79 Å². The van der Waals surface area contributed by atoms with E-state index in [9.17, 15) is 14.9 Å². The lowest BCUT2D eigenvalue weighted by molar-refractivity contribution is -0.118. The number of carbonyl (C=O) groups excluding carboxylic acids is 2. The molecule has 6 nitrogen and oxygen atoms in total. The highest BCUT2D eigenvalue weighted by molar-refractivity contribution is 7.18. The van der Waals surface area contributed by atoms with Crippen LogP contribution in [0.4, 0.5) is 5.00 Å². The van der Waals surface area contributed by atoms with E-state index in [0.717, 1.165) is 11.3 Å². The molecule has 1 aromatic heterocycles. The maximum atomic E-state index is 12.1. The highest BCUT2D eigenvalue weighted by Gasteiger charge is 2.22. The van der Waals surface area contributed by atoms with E-state index in [1.54, 1.807) is 38.1 Å². The van der Waals surface area contributed by atoms with Gasteiger partial charge in [-0.3, -0.25) is 4.79 Å². The molecule has 0 radical (unpaired) electrons. The molecule has 1 heterocycles. The molecule has 2 rings (SSSR count). The lowest BCUT2D eigenvalue weighted by Crippen LogP contribution is -2.20. The Labute approximate surface area is 153 Å². The summed E-state index contributed by atoms with van der Waals surface area (Å²) < 4.78 is 10.3. The molecule has 0 aliphatic heterocycles. The third-order valence-electron chi connectivity index (χ3n) is 3.16. The van der Waals surface area contributed by atoms with E-state index in [1.165, 1.54) is 0 Å². The van der Waals surface area contributed by atoms with Crippen LogP contribution in [0.2, 0.25) is 5.02 Å². The monoisotopic (exact) mass is 378 g/mol. The predicted octanol–water partition coefficient (Wildman–Crippen LogP) is 3.78. The third-order valence-corrected chi connectivity index (χ3v) is 4.60. The van der Waals surface area contributed by atoms with Gasteiger partial charge in [0, 0.05) is 5.02 Å². The van der Waals surface area contributed by atoms with Crippen molar-refractivity contribution in [2.75, 3.05) is 18.5 Å². The summed E-state index contributed by atoms with van der Waals surface area (Å²) in [5, 5.41) is 12.7. The first-order valence-electron chi connectivity index (χ1n) is 7.35. The zero-order valence-electron chi connectivity index (χ0n) is 13.6. The standard InChI is InChI=1S/C17H15ClN2O4S/c1-3-23-17(22)15-10(2)13(8-19)16(25-15)20-14(21)9-24-12-6-4-11(18)5-7-12/h4-7H,3,9H2,1-2H3,(H,20,21). The molecule has 1 N–H and O–H groups in total. The normalized spacial score (nSPS) is 10.0. The molecule has 0 aliphatic rings. The van der Waals surface area contributed by atoms with Crippen molar-refractivity contribution in [3.63, 3.8) is 0 Å². The van der Waals surface area contributed by atoms with Crippen molar-refractivity contribution in [2.45, 2.75) is 13.8 Å². The van der Waals surface area contributed by atoms with Crippen LogP contribution in [-0.2, 0) is 9.53 Å². The van der Waals surface area contributed by atoms with Gasteiger partial charge in [-0.05, 0) is 43.7 Å². The minimum Gasteiger partial charge on any atom is -0.484 e. The van der Waals surface area contributed by atoms with Crippen LogP contribution in [-0.4, -0.2) is 25.1 Å². The summed E-state index contributed by atoms with van der Waals surface area (Å²) in [6, 6.07) is 8.58. The Kier molecular flexibility index (Phi) is 6.39. The van der Waals surface area contributed by atoms with Crippen molar-refractivity contribution in [2.24, 2.45) is 0 Å². The molecular formula is C17H15ClN2O4S. The van der Waals surface area contributed by atoms with Crippen molar-refractivity contribution in [1.82, 2.24) is 0 Å². The molecule has 0 spiro atoms. The Morgan fingerprint density at radius 2 is 2.00 bits per heavy atom. The number of ether oxygens (including phenoxy) is 2. The van der Waals surface area contributed by atoms with Crippen molar-refractivity contribution in [3.8, 4) is 11.8 Å². The number of anilines is 1. The van der Waals surface area contributed by atoms with Crippen LogP contribution in [0.3, 0.4) is 0 Å². The Hall–Kier alpha value is -2.56. The lowest BCUT2D eigenvalue weighted by atomic mass is 10.2. The van der Waals surface area contributed by atoms with Gasteiger partial charge in [0.05, 0.1) is 12.2 Å². The zero-order chi connectivity index (χ0) is 18.4.